The average molecular weight is 379 g/mol. The average Bonchev–Trinajstić information content (AvgIpc) is 2.28. The highest BCUT2D eigenvalue weighted by Gasteiger charge is 2.13. The van der Waals surface area contributed by atoms with Gasteiger partial charge in [-0.1, -0.05) is 45.2 Å². The van der Waals surface area contributed by atoms with Gasteiger partial charge in [0.1, 0.15) is 0 Å². The Hall–Kier alpha value is -0.390. The Labute approximate surface area is 125 Å². The molecule has 1 rings (SSSR count). The minimum atomic E-state index is -0.0764. The van der Waals surface area contributed by atoms with Crippen LogP contribution in [0.5, 0.6) is 0 Å². The molecule has 3 nitrogen and oxygen atoms in total. The Bertz CT molecular complexity index is 384. The van der Waals surface area contributed by atoms with Crippen molar-refractivity contribution in [2.24, 2.45) is 0 Å². The van der Waals surface area contributed by atoms with Crippen molar-refractivity contribution in [3.63, 3.8) is 0 Å². The molecule has 5 heteroatoms. The second kappa shape index (κ2) is 7.92. The number of hydrogen-bond donors (Lipinski definition) is 1. The zero-order valence-corrected chi connectivity index (χ0v) is 13.7. The van der Waals surface area contributed by atoms with Gasteiger partial charge in [0.25, 0.3) is 5.91 Å². The normalized spacial score (nSPS) is 12.2. The molecule has 0 aromatic heterocycles. The molecule has 0 saturated carbocycles. The van der Waals surface area contributed by atoms with Gasteiger partial charge in [0.2, 0.25) is 0 Å². The van der Waals surface area contributed by atoms with Crippen molar-refractivity contribution in [2.75, 3.05) is 13.7 Å². The van der Waals surface area contributed by atoms with Crippen LogP contribution in [0.4, 0.5) is 0 Å². The summed E-state index contributed by atoms with van der Waals surface area (Å²) in [5, 5.41) is 2.98. The van der Waals surface area contributed by atoms with Gasteiger partial charge in [-0.2, -0.15) is 0 Å². The molecule has 0 heterocycles. The van der Waals surface area contributed by atoms with E-state index in [1.165, 1.54) is 0 Å². The molecule has 0 spiro atoms. The number of carbonyl (C=O) groups excluding carboxylic acids is 1. The summed E-state index contributed by atoms with van der Waals surface area (Å²) in [4.78, 5) is 12.1. The monoisotopic (exact) mass is 377 g/mol. The number of halogens is 2. The van der Waals surface area contributed by atoms with Gasteiger partial charge in [-0.15, -0.1) is 0 Å². The third-order valence-corrected chi connectivity index (χ3v) is 3.38. The Morgan fingerprint density at radius 2 is 1.94 bits per heavy atom. The molecular formula is C13H17Br2NO2. The van der Waals surface area contributed by atoms with Crippen LogP contribution in [0.3, 0.4) is 0 Å². The van der Waals surface area contributed by atoms with Crippen LogP contribution in [0.1, 0.15) is 30.1 Å². The molecule has 1 amide bonds. The molecule has 100 valence electrons. The number of rotatable bonds is 6. The van der Waals surface area contributed by atoms with Crippen LogP contribution in [-0.2, 0) is 4.74 Å². The Morgan fingerprint density at radius 3 is 2.44 bits per heavy atom. The molecule has 1 unspecified atom stereocenters. The summed E-state index contributed by atoms with van der Waals surface area (Å²) in [6.45, 7) is 2.62. The van der Waals surface area contributed by atoms with Crippen LogP contribution in [0.25, 0.3) is 0 Å². The fourth-order valence-electron chi connectivity index (χ4n) is 1.70. The molecule has 0 fully saturated rings. The number of nitrogens with one attached hydrogen (secondary N) is 1. The summed E-state index contributed by atoms with van der Waals surface area (Å²) < 4.78 is 6.86. The lowest BCUT2D eigenvalue weighted by Gasteiger charge is -2.17. The van der Waals surface area contributed by atoms with Crippen molar-refractivity contribution >= 4 is 37.8 Å². The van der Waals surface area contributed by atoms with Gasteiger partial charge in [-0.05, 0) is 24.6 Å². The molecule has 1 aromatic rings. The van der Waals surface area contributed by atoms with Crippen molar-refractivity contribution in [3.8, 4) is 0 Å². The van der Waals surface area contributed by atoms with E-state index in [1.807, 2.05) is 6.07 Å². The first kappa shape index (κ1) is 15.7. The number of benzene rings is 1. The predicted octanol–water partition coefficient (Wildman–Crippen LogP) is 3.76. The van der Waals surface area contributed by atoms with E-state index in [2.05, 4.69) is 44.1 Å². The van der Waals surface area contributed by atoms with Crippen molar-refractivity contribution in [1.29, 1.82) is 0 Å². The van der Waals surface area contributed by atoms with E-state index >= 15 is 0 Å². The minimum Gasteiger partial charge on any atom is -0.383 e. The Morgan fingerprint density at radius 1 is 1.33 bits per heavy atom. The van der Waals surface area contributed by atoms with Gasteiger partial charge in [-0.25, -0.2) is 0 Å². The second-order valence-electron chi connectivity index (χ2n) is 4.07. The number of hydrogen-bond acceptors (Lipinski definition) is 2. The van der Waals surface area contributed by atoms with E-state index in [9.17, 15) is 4.79 Å². The lowest BCUT2D eigenvalue weighted by Crippen LogP contribution is -2.37. The van der Waals surface area contributed by atoms with Gasteiger partial charge >= 0.3 is 0 Å². The molecule has 1 atom stereocenters. The zero-order valence-electron chi connectivity index (χ0n) is 10.5. The topological polar surface area (TPSA) is 38.3 Å². The first-order valence-corrected chi connectivity index (χ1v) is 7.41. The summed E-state index contributed by atoms with van der Waals surface area (Å²) >= 11 is 6.75. The predicted molar refractivity (Wildman–Crippen MR) is 79.9 cm³/mol. The molecule has 0 aliphatic carbocycles. The van der Waals surface area contributed by atoms with E-state index in [0.717, 1.165) is 21.8 Å². The summed E-state index contributed by atoms with van der Waals surface area (Å²) in [5.41, 5.74) is 0.633. The highest BCUT2D eigenvalue weighted by Crippen LogP contribution is 2.20. The Balaban J connectivity index is 2.73. The van der Waals surface area contributed by atoms with Crippen molar-refractivity contribution in [1.82, 2.24) is 5.32 Å². The highest BCUT2D eigenvalue weighted by molar-refractivity contribution is 9.11. The quantitative estimate of drug-likeness (QED) is 0.818. The Kier molecular flexibility index (Phi) is 6.89. The van der Waals surface area contributed by atoms with Crippen LogP contribution in [-0.4, -0.2) is 25.7 Å². The molecular weight excluding hydrogens is 362 g/mol. The maximum atomic E-state index is 12.1. The molecule has 0 radical (unpaired) electrons. The van der Waals surface area contributed by atoms with E-state index in [0.29, 0.717) is 12.2 Å². The van der Waals surface area contributed by atoms with E-state index < -0.39 is 0 Å². The number of methoxy groups -OCH3 is 1. The third kappa shape index (κ3) is 5.08. The molecule has 18 heavy (non-hydrogen) atoms. The number of amides is 1. The lowest BCUT2D eigenvalue weighted by atomic mass is 10.1. The summed E-state index contributed by atoms with van der Waals surface area (Å²) in [6, 6.07) is 5.56. The van der Waals surface area contributed by atoms with Crippen molar-refractivity contribution in [2.45, 2.75) is 25.8 Å². The van der Waals surface area contributed by atoms with E-state index in [1.54, 1.807) is 19.2 Å². The lowest BCUT2D eigenvalue weighted by molar-refractivity contribution is 0.0891. The second-order valence-corrected chi connectivity index (χ2v) is 5.90. The highest BCUT2D eigenvalue weighted by atomic mass is 79.9. The van der Waals surface area contributed by atoms with E-state index in [4.69, 9.17) is 4.74 Å². The molecule has 1 N–H and O–H groups in total. The van der Waals surface area contributed by atoms with Gasteiger partial charge in [0.15, 0.2) is 0 Å². The van der Waals surface area contributed by atoms with E-state index in [-0.39, 0.29) is 11.9 Å². The molecule has 0 bridgehead atoms. The molecule has 1 aromatic carbocycles. The zero-order chi connectivity index (χ0) is 13.5. The fraction of sp³-hybridized carbons (Fsp3) is 0.462. The molecule has 0 saturated heterocycles. The van der Waals surface area contributed by atoms with Crippen LogP contribution in [0.15, 0.2) is 27.1 Å². The van der Waals surface area contributed by atoms with Crippen molar-refractivity contribution < 1.29 is 9.53 Å². The van der Waals surface area contributed by atoms with Crippen LogP contribution >= 0.6 is 31.9 Å². The third-order valence-electron chi connectivity index (χ3n) is 2.46. The summed E-state index contributed by atoms with van der Waals surface area (Å²) in [5.74, 6) is -0.0764. The summed E-state index contributed by atoms with van der Waals surface area (Å²) in [6.07, 6.45) is 1.92. The van der Waals surface area contributed by atoms with Crippen LogP contribution in [0, 0.1) is 0 Å². The standard InChI is InChI=1S/C13H17Br2NO2/c1-3-4-12(8-18-2)16-13(17)9-5-10(14)7-11(15)6-9/h5-7,12H,3-4,8H2,1-2H3,(H,16,17). The maximum Gasteiger partial charge on any atom is 0.251 e. The van der Waals surface area contributed by atoms with Crippen molar-refractivity contribution in [3.05, 3.63) is 32.7 Å². The van der Waals surface area contributed by atoms with Gasteiger partial charge in [0, 0.05) is 21.6 Å². The minimum absolute atomic E-state index is 0.0604. The SMILES string of the molecule is CCCC(COC)NC(=O)c1cc(Br)cc(Br)c1. The fourth-order valence-corrected chi connectivity index (χ4v) is 2.99. The maximum absolute atomic E-state index is 12.1. The smallest absolute Gasteiger partial charge is 0.251 e. The van der Waals surface area contributed by atoms with Crippen LogP contribution < -0.4 is 5.32 Å². The van der Waals surface area contributed by atoms with Gasteiger partial charge < -0.3 is 10.1 Å². The van der Waals surface area contributed by atoms with Gasteiger partial charge in [-0.3, -0.25) is 4.79 Å². The van der Waals surface area contributed by atoms with Crippen LogP contribution in [0.2, 0.25) is 0 Å². The first-order valence-electron chi connectivity index (χ1n) is 5.82. The van der Waals surface area contributed by atoms with Gasteiger partial charge in [0.05, 0.1) is 12.6 Å². The number of carbonyl (C=O) groups is 1. The largest absolute Gasteiger partial charge is 0.383 e. The number of ether oxygens (including phenoxy) is 1. The summed E-state index contributed by atoms with van der Waals surface area (Å²) in [7, 11) is 1.64. The molecule has 0 aliphatic rings. The first-order chi connectivity index (χ1) is 8.56. The molecule has 0 aliphatic heterocycles.